The highest BCUT2D eigenvalue weighted by Gasteiger charge is 2.29. The van der Waals surface area contributed by atoms with Crippen LogP contribution in [0.25, 0.3) is 0 Å². The third-order valence-electron chi connectivity index (χ3n) is 5.50. The normalized spacial score (nSPS) is 27.0. The molecule has 0 spiro atoms. The first-order valence-electron chi connectivity index (χ1n) is 9.13. The van der Waals surface area contributed by atoms with Gasteiger partial charge < -0.3 is 15.1 Å². The number of hydrogen-bond donors (Lipinski definition) is 2. The summed E-state index contributed by atoms with van der Waals surface area (Å²) in [6.07, 6.45) is 13.5. The third kappa shape index (κ3) is 3.14. The molecular formula is C18H28N6. The second kappa shape index (κ2) is 7.09. The maximum absolute atomic E-state index is 4.40. The SMILES string of the molecule is CN1CCC(c2[nH]ncc2N2C=CC=CC2N2CCNCC2)CC1. The summed E-state index contributed by atoms with van der Waals surface area (Å²) in [5.74, 6) is 0.585. The minimum Gasteiger partial charge on any atom is -0.325 e. The molecule has 6 heteroatoms. The number of piperazine rings is 1. The van der Waals surface area contributed by atoms with Gasteiger partial charge in [-0.05, 0) is 45.1 Å². The molecule has 0 aliphatic carbocycles. The average molecular weight is 328 g/mol. The number of piperidine rings is 1. The number of rotatable bonds is 3. The van der Waals surface area contributed by atoms with Gasteiger partial charge in [-0.25, -0.2) is 0 Å². The van der Waals surface area contributed by atoms with Gasteiger partial charge in [-0.1, -0.05) is 6.08 Å². The van der Waals surface area contributed by atoms with Gasteiger partial charge in [0.1, 0.15) is 6.17 Å². The summed E-state index contributed by atoms with van der Waals surface area (Å²) in [6.45, 7) is 6.63. The smallest absolute Gasteiger partial charge is 0.106 e. The highest BCUT2D eigenvalue weighted by atomic mass is 15.4. The van der Waals surface area contributed by atoms with Crippen LogP contribution in [0.5, 0.6) is 0 Å². The van der Waals surface area contributed by atoms with E-state index in [0.717, 1.165) is 26.2 Å². The molecule has 1 unspecified atom stereocenters. The van der Waals surface area contributed by atoms with Crippen molar-refractivity contribution in [1.29, 1.82) is 0 Å². The van der Waals surface area contributed by atoms with Gasteiger partial charge in [0.15, 0.2) is 0 Å². The van der Waals surface area contributed by atoms with Crippen molar-refractivity contribution in [3.8, 4) is 0 Å². The zero-order valence-corrected chi connectivity index (χ0v) is 14.5. The molecule has 1 aromatic rings. The lowest BCUT2D eigenvalue weighted by atomic mass is 9.92. The minimum absolute atomic E-state index is 0.291. The number of aromatic nitrogens is 2. The van der Waals surface area contributed by atoms with Gasteiger partial charge in [-0.2, -0.15) is 5.10 Å². The summed E-state index contributed by atoms with van der Waals surface area (Å²) in [6, 6.07) is 0. The number of likely N-dealkylation sites (tertiary alicyclic amines) is 1. The number of aromatic amines is 1. The van der Waals surface area contributed by atoms with E-state index in [1.807, 2.05) is 6.20 Å². The fraction of sp³-hybridized carbons (Fsp3) is 0.611. The van der Waals surface area contributed by atoms with Crippen LogP contribution < -0.4 is 10.2 Å². The van der Waals surface area contributed by atoms with Gasteiger partial charge >= 0.3 is 0 Å². The Labute approximate surface area is 144 Å². The third-order valence-corrected chi connectivity index (χ3v) is 5.50. The largest absolute Gasteiger partial charge is 0.325 e. The zero-order valence-electron chi connectivity index (χ0n) is 14.5. The predicted molar refractivity (Wildman–Crippen MR) is 97.0 cm³/mol. The lowest BCUT2D eigenvalue weighted by Gasteiger charge is -2.41. The molecule has 1 atom stereocenters. The Morgan fingerprint density at radius 1 is 1.08 bits per heavy atom. The summed E-state index contributed by atoms with van der Waals surface area (Å²) < 4.78 is 0. The van der Waals surface area contributed by atoms with Crippen LogP contribution in [0.3, 0.4) is 0 Å². The monoisotopic (exact) mass is 328 g/mol. The minimum atomic E-state index is 0.291. The van der Waals surface area contributed by atoms with E-state index in [1.54, 1.807) is 0 Å². The summed E-state index contributed by atoms with van der Waals surface area (Å²) in [7, 11) is 2.21. The fourth-order valence-electron chi connectivity index (χ4n) is 4.05. The maximum Gasteiger partial charge on any atom is 0.106 e. The number of nitrogens with one attached hydrogen (secondary N) is 2. The Bertz CT molecular complexity index is 592. The van der Waals surface area contributed by atoms with Gasteiger partial charge in [-0.15, -0.1) is 0 Å². The number of anilines is 1. The second-order valence-corrected chi connectivity index (χ2v) is 7.08. The highest BCUT2D eigenvalue weighted by molar-refractivity contribution is 5.56. The van der Waals surface area contributed by atoms with Crippen molar-refractivity contribution in [3.05, 3.63) is 36.3 Å². The molecule has 6 nitrogen and oxygen atoms in total. The maximum atomic E-state index is 4.40. The van der Waals surface area contributed by atoms with Crippen molar-refractivity contribution < 1.29 is 0 Å². The first kappa shape index (κ1) is 15.9. The molecular weight excluding hydrogens is 300 g/mol. The molecule has 2 saturated heterocycles. The standard InChI is InChI=1S/C18H28N6/c1-22-10-5-15(6-11-22)18-16(14-20-21-18)24-9-3-2-4-17(24)23-12-7-19-8-13-23/h2-4,9,14-15,17,19H,5-8,10-13H2,1H3,(H,20,21). The van der Waals surface area contributed by atoms with Crippen molar-refractivity contribution in [1.82, 2.24) is 25.3 Å². The molecule has 3 aliphatic heterocycles. The van der Waals surface area contributed by atoms with Crippen LogP contribution in [-0.4, -0.2) is 72.5 Å². The number of hydrogen-bond acceptors (Lipinski definition) is 5. The van der Waals surface area contributed by atoms with Gasteiger partial charge in [0.05, 0.1) is 17.6 Å². The first-order valence-corrected chi connectivity index (χ1v) is 9.13. The summed E-state index contributed by atoms with van der Waals surface area (Å²) in [5, 5.41) is 11.2. The van der Waals surface area contributed by atoms with Crippen molar-refractivity contribution >= 4 is 5.69 Å². The van der Waals surface area contributed by atoms with E-state index in [2.05, 4.69) is 61.7 Å². The number of allylic oxidation sites excluding steroid dienone is 2. The Kier molecular flexibility index (Phi) is 4.69. The molecule has 0 amide bonds. The second-order valence-electron chi connectivity index (χ2n) is 7.08. The van der Waals surface area contributed by atoms with Crippen LogP contribution in [0.4, 0.5) is 5.69 Å². The Morgan fingerprint density at radius 2 is 1.88 bits per heavy atom. The molecule has 24 heavy (non-hydrogen) atoms. The van der Waals surface area contributed by atoms with Crippen molar-refractivity contribution in [2.45, 2.75) is 24.9 Å². The van der Waals surface area contributed by atoms with Crippen molar-refractivity contribution in [2.75, 3.05) is 51.2 Å². The lowest BCUT2D eigenvalue weighted by Crippen LogP contribution is -2.53. The van der Waals surface area contributed by atoms with Crippen LogP contribution in [0, 0.1) is 0 Å². The molecule has 0 aromatic carbocycles. The summed E-state index contributed by atoms with van der Waals surface area (Å²) in [4.78, 5) is 7.35. The molecule has 130 valence electrons. The molecule has 3 aliphatic rings. The van der Waals surface area contributed by atoms with Gasteiger partial charge in [0.2, 0.25) is 0 Å². The van der Waals surface area contributed by atoms with E-state index < -0.39 is 0 Å². The van der Waals surface area contributed by atoms with E-state index >= 15 is 0 Å². The predicted octanol–water partition coefficient (Wildman–Crippen LogP) is 1.34. The van der Waals surface area contributed by atoms with Gasteiger partial charge in [0.25, 0.3) is 0 Å². The first-order chi connectivity index (χ1) is 11.8. The number of H-pyrrole nitrogens is 1. The van der Waals surface area contributed by atoms with Crippen molar-refractivity contribution in [3.63, 3.8) is 0 Å². The van der Waals surface area contributed by atoms with Crippen LogP contribution in [-0.2, 0) is 0 Å². The Balaban J connectivity index is 1.57. The van der Waals surface area contributed by atoms with Crippen LogP contribution in [0.1, 0.15) is 24.5 Å². The van der Waals surface area contributed by atoms with Gasteiger partial charge in [-0.3, -0.25) is 10.00 Å². The Hall–Kier alpha value is -1.63. The molecule has 2 fully saturated rings. The van der Waals surface area contributed by atoms with Crippen LogP contribution >= 0.6 is 0 Å². The summed E-state index contributed by atoms with van der Waals surface area (Å²) >= 11 is 0. The summed E-state index contributed by atoms with van der Waals surface area (Å²) in [5.41, 5.74) is 2.55. The number of nitrogens with zero attached hydrogens (tertiary/aromatic N) is 4. The Morgan fingerprint density at radius 3 is 2.67 bits per heavy atom. The molecule has 4 rings (SSSR count). The average Bonchev–Trinajstić information content (AvgIpc) is 3.13. The zero-order chi connectivity index (χ0) is 16.4. The molecule has 0 radical (unpaired) electrons. The molecule has 0 saturated carbocycles. The lowest BCUT2D eigenvalue weighted by molar-refractivity contribution is 0.202. The fourth-order valence-corrected chi connectivity index (χ4v) is 4.05. The van der Waals surface area contributed by atoms with Crippen molar-refractivity contribution in [2.24, 2.45) is 0 Å². The molecule has 2 N–H and O–H groups in total. The quantitative estimate of drug-likeness (QED) is 0.877. The van der Waals surface area contributed by atoms with Crippen LogP contribution in [0.15, 0.2) is 30.6 Å². The highest BCUT2D eigenvalue weighted by Crippen LogP contribution is 2.35. The van der Waals surface area contributed by atoms with E-state index in [1.165, 1.54) is 37.3 Å². The van der Waals surface area contributed by atoms with E-state index in [9.17, 15) is 0 Å². The van der Waals surface area contributed by atoms with Crippen LogP contribution in [0.2, 0.25) is 0 Å². The van der Waals surface area contributed by atoms with E-state index in [-0.39, 0.29) is 0 Å². The molecule has 0 bridgehead atoms. The topological polar surface area (TPSA) is 50.4 Å². The molecule has 1 aromatic heterocycles. The molecule has 4 heterocycles. The van der Waals surface area contributed by atoms with E-state index in [4.69, 9.17) is 0 Å². The van der Waals surface area contributed by atoms with E-state index in [0.29, 0.717) is 12.1 Å². The van der Waals surface area contributed by atoms with Gasteiger partial charge in [0, 0.05) is 38.3 Å².